The van der Waals surface area contributed by atoms with Gasteiger partial charge in [-0.1, -0.05) is 28.1 Å². The SMILES string of the molecule is Cc1cc(Br)ccc1NC(=O)CN(C)S(=O)(=O)c1ccccc1C(F)(F)F. The van der Waals surface area contributed by atoms with Gasteiger partial charge < -0.3 is 5.32 Å². The molecule has 0 saturated carbocycles. The number of likely N-dealkylation sites (N-methyl/N-ethyl adjacent to an activating group) is 1. The number of anilines is 1. The second-order valence-electron chi connectivity index (χ2n) is 5.76. The van der Waals surface area contributed by atoms with E-state index in [0.29, 0.717) is 16.1 Å². The summed E-state index contributed by atoms with van der Waals surface area (Å²) in [6.45, 7) is 1.12. The van der Waals surface area contributed by atoms with Crippen LogP contribution in [0.15, 0.2) is 51.8 Å². The Morgan fingerprint density at radius 3 is 2.41 bits per heavy atom. The summed E-state index contributed by atoms with van der Waals surface area (Å²) < 4.78 is 65.8. The maximum absolute atomic E-state index is 13.1. The minimum Gasteiger partial charge on any atom is -0.325 e. The first-order valence-corrected chi connectivity index (χ1v) is 9.85. The molecule has 0 aliphatic carbocycles. The summed E-state index contributed by atoms with van der Waals surface area (Å²) in [6.07, 6.45) is -4.83. The number of sulfonamides is 1. The van der Waals surface area contributed by atoms with Gasteiger partial charge in [-0.15, -0.1) is 0 Å². The Bertz CT molecular complexity index is 962. The van der Waals surface area contributed by atoms with Gasteiger partial charge in [0.15, 0.2) is 0 Å². The van der Waals surface area contributed by atoms with E-state index in [1.54, 1.807) is 25.1 Å². The molecule has 0 aliphatic rings. The number of amides is 1. The molecule has 1 amide bonds. The van der Waals surface area contributed by atoms with Crippen LogP contribution >= 0.6 is 15.9 Å². The van der Waals surface area contributed by atoms with Crippen LogP contribution in [0.25, 0.3) is 0 Å². The van der Waals surface area contributed by atoms with Crippen LogP contribution in [-0.2, 0) is 21.0 Å². The van der Waals surface area contributed by atoms with Gasteiger partial charge in [0.05, 0.1) is 17.0 Å². The van der Waals surface area contributed by atoms with Gasteiger partial charge in [-0.25, -0.2) is 8.42 Å². The third-order valence-corrected chi connectivity index (χ3v) is 6.06. The Kier molecular flexibility index (Phi) is 6.33. The first-order chi connectivity index (χ1) is 12.4. The van der Waals surface area contributed by atoms with Crippen LogP contribution in [0.5, 0.6) is 0 Å². The molecule has 146 valence electrons. The van der Waals surface area contributed by atoms with E-state index in [2.05, 4.69) is 21.2 Å². The summed E-state index contributed by atoms with van der Waals surface area (Å²) in [5, 5.41) is 2.55. The van der Waals surface area contributed by atoms with E-state index in [-0.39, 0.29) is 0 Å². The lowest BCUT2D eigenvalue weighted by Crippen LogP contribution is -2.36. The number of nitrogens with one attached hydrogen (secondary N) is 1. The number of carbonyl (C=O) groups excluding carboxylic acids is 1. The largest absolute Gasteiger partial charge is 0.417 e. The number of carbonyl (C=O) groups is 1. The van der Waals surface area contributed by atoms with Crippen molar-refractivity contribution in [1.82, 2.24) is 4.31 Å². The van der Waals surface area contributed by atoms with Crippen LogP contribution in [0.2, 0.25) is 0 Å². The van der Waals surface area contributed by atoms with E-state index in [1.807, 2.05) is 0 Å². The first-order valence-electron chi connectivity index (χ1n) is 7.61. The Balaban J connectivity index is 2.22. The summed E-state index contributed by atoms with van der Waals surface area (Å²) in [7, 11) is -3.46. The molecule has 2 aromatic rings. The lowest BCUT2D eigenvalue weighted by atomic mass is 10.2. The predicted octanol–water partition coefficient (Wildman–Crippen LogP) is 4.04. The molecule has 27 heavy (non-hydrogen) atoms. The molecule has 1 N–H and O–H groups in total. The summed E-state index contributed by atoms with van der Waals surface area (Å²) in [6, 6.07) is 8.94. The van der Waals surface area contributed by atoms with Gasteiger partial charge in [0, 0.05) is 17.2 Å². The zero-order valence-electron chi connectivity index (χ0n) is 14.3. The van der Waals surface area contributed by atoms with Crippen LogP contribution in [0.1, 0.15) is 11.1 Å². The van der Waals surface area contributed by atoms with Crippen molar-refractivity contribution in [3.63, 3.8) is 0 Å². The molecule has 0 aromatic heterocycles. The third-order valence-electron chi connectivity index (χ3n) is 3.71. The molecule has 0 spiro atoms. The Labute approximate surface area is 163 Å². The number of aryl methyl sites for hydroxylation is 1. The Morgan fingerprint density at radius 1 is 1.19 bits per heavy atom. The van der Waals surface area contributed by atoms with E-state index in [0.717, 1.165) is 29.2 Å². The standard InChI is InChI=1S/C17H16BrF3N2O3S/c1-11-9-12(18)7-8-14(11)22-16(24)10-23(2)27(25,26)15-6-4-3-5-13(15)17(19,20)21/h3-9H,10H2,1-2H3,(H,22,24). The van der Waals surface area contributed by atoms with Gasteiger partial charge in [0.25, 0.3) is 0 Å². The number of hydrogen-bond acceptors (Lipinski definition) is 3. The second-order valence-corrected chi connectivity index (χ2v) is 8.69. The van der Waals surface area contributed by atoms with E-state index < -0.39 is 39.1 Å². The second kappa shape index (κ2) is 7.99. The summed E-state index contributed by atoms with van der Waals surface area (Å²) in [5.41, 5.74) is -0.0589. The van der Waals surface area contributed by atoms with Crippen molar-refractivity contribution in [2.75, 3.05) is 18.9 Å². The predicted molar refractivity (Wildman–Crippen MR) is 98.8 cm³/mol. The summed E-state index contributed by atoms with van der Waals surface area (Å²) >= 11 is 3.29. The van der Waals surface area contributed by atoms with Crippen LogP contribution in [0.4, 0.5) is 18.9 Å². The van der Waals surface area contributed by atoms with Gasteiger partial charge in [-0.3, -0.25) is 4.79 Å². The molecule has 0 unspecified atom stereocenters. The third kappa shape index (κ3) is 5.08. The van der Waals surface area contributed by atoms with Crippen molar-refractivity contribution in [2.24, 2.45) is 0 Å². The molecule has 10 heteroatoms. The van der Waals surface area contributed by atoms with E-state index in [4.69, 9.17) is 0 Å². The lowest BCUT2D eigenvalue weighted by Gasteiger charge is -2.20. The molecule has 0 atom stereocenters. The number of nitrogens with zero attached hydrogens (tertiary/aromatic N) is 1. The molecule has 2 aromatic carbocycles. The molecule has 0 heterocycles. The van der Waals surface area contributed by atoms with Gasteiger partial charge >= 0.3 is 6.18 Å². The first kappa shape index (κ1) is 21.4. The topological polar surface area (TPSA) is 66.5 Å². The van der Waals surface area contributed by atoms with Crippen LogP contribution in [-0.4, -0.2) is 32.2 Å². The maximum Gasteiger partial charge on any atom is 0.417 e. The van der Waals surface area contributed by atoms with Crippen LogP contribution < -0.4 is 5.32 Å². The zero-order chi connectivity index (χ0) is 20.4. The van der Waals surface area contributed by atoms with Gasteiger partial charge in [0.1, 0.15) is 0 Å². The molecule has 0 aliphatic heterocycles. The minimum absolute atomic E-state index is 0.477. The average Bonchev–Trinajstić information content (AvgIpc) is 2.56. The number of hydrogen-bond donors (Lipinski definition) is 1. The number of benzene rings is 2. The highest BCUT2D eigenvalue weighted by atomic mass is 79.9. The Hall–Kier alpha value is -1.91. The summed E-state index contributed by atoms with van der Waals surface area (Å²) in [4.78, 5) is 11.3. The molecular formula is C17H16BrF3N2O3S. The van der Waals surface area contributed by atoms with Gasteiger partial charge in [-0.2, -0.15) is 17.5 Å². The summed E-state index contributed by atoms with van der Waals surface area (Å²) in [5.74, 6) is -0.670. The van der Waals surface area contributed by atoms with Crippen molar-refractivity contribution in [2.45, 2.75) is 18.0 Å². The van der Waals surface area contributed by atoms with Crippen molar-refractivity contribution >= 4 is 37.5 Å². The van der Waals surface area contributed by atoms with Crippen molar-refractivity contribution in [3.05, 3.63) is 58.1 Å². The quantitative estimate of drug-likeness (QED) is 0.725. The lowest BCUT2D eigenvalue weighted by molar-refractivity contribution is -0.139. The highest BCUT2D eigenvalue weighted by Crippen LogP contribution is 2.34. The fourth-order valence-electron chi connectivity index (χ4n) is 2.34. The van der Waals surface area contributed by atoms with Crippen molar-refractivity contribution in [1.29, 1.82) is 0 Å². The number of halogens is 4. The van der Waals surface area contributed by atoms with E-state index >= 15 is 0 Å². The minimum atomic E-state index is -4.83. The fraction of sp³-hybridized carbons (Fsp3) is 0.235. The molecule has 0 bridgehead atoms. The highest BCUT2D eigenvalue weighted by molar-refractivity contribution is 9.10. The van der Waals surface area contributed by atoms with Gasteiger partial charge in [0.2, 0.25) is 15.9 Å². The Morgan fingerprint density at radius 2 is 1.81 bits per heavy atom. The maximum atomic E-state index is 13.1. The average molecular weight is 465 g/mol. The van der Waals surface area contributed by atoms with Crippen LogP contribution in [0.3, 0.4) is 0 Å². The molecule has 0 saturated heterocycles. The number of alkyl halides is 3. The molecule has 2 rings (SSSR count). The smallest absolute Gasteiger partial charge is 0.325 e. The molecule has 5 nitrogen and oxygen atoms in total. The fourth-order valence-corrected chi connectivity index (χ4v) is 4.15. The van der Waals surface area contributed by atoms with E-state index in [9.17, 15) is 26.4 Å². The number of rotatable bonds is 5. The highest BCUT2D eigenvalue weighted by Gasteiger charge is 2.38. The van der Waals surface area contributed by atoms with Crippen molar-refractivity contribution < 1.29 is 26.4 Å². The van der Waals surface area contributed by atoms with Crippen LogP contribution in [0, 0.1) is 6.92 Å². The van der Waals surface area contributed by atoms with Gasteiger partial charge in [-0.05, 0) is 42.8 Å². The normalized spacial score (nSPS) is 12.3. The molecule has 0 radical (unpaired) electrons. The zero-order valence-corrected chi connectivity index (χ0v) is 16.7. The molecular weight excluding hydrogens is 449 g/mol. The van der Waals surface area contributed by atoms with Crippen molar-refractivity contribution in [3.8, 4) is 0 Å². The molecule has 0 fully saturated rings. The van der Waals surface area contributed by atoms with E-state index in [1.165, 1.54) is 6.07 Å². The monoisotopic (exact) mass is 464 g/mol.